The smallest absolute Gasteiger partial charge is 0.249 e. The molecule has 9 nitrogen and oxygen atoms in total. The van der Waals surface area contributed by atoms with Crippen molar-refractivity contribution in [3.05, 3.63) is 33.6 Å². The fourth-order valence-corrected chi connectivity index (χ4v) is 2.20. The second-order valence-corrected chi connectivity index (χ2v) is 4.93. The second kappa shape index (κ2) is 9.66. The molecule has 0 radical (unpaired) electrons. The van der Waals surface area contributed by atoms with E-state index in [-0.39, 0.29) is 5.96 Å². The highest BCUT2D eigenvalue weighted by Gasteiger charge is 2.01. The topological polar surface area (TPSA) is 144 Å². The molecule has 1 heterocycles. The van der Waals surface area contributed by atoms with Crippen LogP contribution in [0.5, 0.6) is 0 Å². The lowest BCUT2D eigenvalue weighted by atomic mass is 10.2. The first-order valence-corrected chi connectivity index (χ1v) is 7.24. The fourth-order valence-electron chi connectivity index (χ4n) is 1.46. The summed E-state index contributed by atoms with van der Waals surface area (Å²) in [7, 11) is 0. The van der Waals surface area contributed by atoms with Crippen molar-refractivity contribution in [2.75, 3.05) is 13.2 Å². The Morgan fingerprint density at radius 1 is 1.52 bits per heavy atom. The molecule has 21 heavy (non-hydrogen) atoms. The highest BCUT2D eigenvalue weighted by molar-refractivity contribution is 7.13. The molecule has 1 aromatic rings. The summed E-state index contributed by atoms with van der Waals surface area (Å²) >= 11 is 1.41. The van der Waals surface area contributed by atoms with Gasteiger partial charge in [-0.3, -0.25) is 10.1 Å². The Labute approximate surface area is 126 Å². The molecule has 0 saturated carbocycles. The molecule has 1 aromatic heterocycles. The summed E-state index contributed by atoms with van der Waals surface area (Å²) in [5.41, 5.74) is 11.5. The van der Waals surface area contributed by atoms with Gasteiger partial charge in [0.15, 0.2) is 5.96 Å². The maximum atomic E-state index is 10.0. The minimum Gasteiger partial charge on any atom is -0.373 e. The largest absolute Gasteiger partial charge is 0.373 e. The first-order valence-electron chi connectivity index (χ1n) is 6.36. The van der Waals surface area contributed by atoms with Crippen molar-refractivity contribution in [2.24, 2.45) is 16.5 Å². The standard InChI is InChI=1S/C11H19N7O2S/c12-10(13)17-11-16-9(7-21-11)3-1-2-4-14-8-15-5-6-18(19)20/h5-7,14-15H,1-4,8H2,(H4,12,13,16,17). The summed E-state index contributed by atoms with van der Waals surface area (Å²) in [6.45, 7) is 1.32. The van der Waals surface area contributed by atoms with Crippen LogP contribution in [0, 0.1) is 10.1 Å². The molecular formula is C11H19N7O2S. The van der Waals surface area contributed by atoms with Crippen molar-refractivity contribution in [3.8, 4) is 0 Å². The average molecular weight is 313 g/mol. The summed E-state index contributed by atoms with van der Waals surface area (Å²) in [5.74, 6) is 0.0127. The molecule has 0 bridgehead atoms. The van der Waals surface area contributed by atoms with Crippen molar-refractivity contribution in [1.29, 1.82) is 0 Å². The van der Waals surface area contributed by atoms with E-state index in [0.717, 1.165) is 37.7 Å². The zero-order valence-corrected chi connectivity index (χ0v) is 12.3. The third kappa shape index (κ3) is 8.55. The number of rotatable bonds is 10. The van der Waals surface area contributed by atoms with Crippen molar-refractivity contribution >= 4 is 22.4 Å². The Morgan fingerprint density at radius 2 is 2.33 bits per heavy atom. The Bertz CT molecular complexity index is 497. The molecule has 0 amide bonds. The molecule has 6 N–H and O–H groups in total. The van der Waals surface area contributed by atoms with E-state index in [2.05, 4.69) is 20.6 Å². The quantitative estimate of drug-likeness (QED) is 0.121. The van der Waals surface area contributed by atoms with Crippen LogP contribution in [0.15, 0.2) is 22.8 Å². The molecule has 0 aliphatic rings. The molecule has 1 rings (SSSR count). The SMILES string of the molecule is NC(N)=Nc1nc(CCCCNCNC=C[N+](=O)[O-])cs1. The van der Waals surface area contributed by atoms with Crippen LogP contribution >= 0.6 is 11.3 Å². The molecule has 10 heteroatoms. The van der Waals surface area contributed by atoms with Crippen LogP contribution in [0.1, 0.15) is 18.5 Å². The Balaban J connectivity index is 2.05. The van der Waals surface area contributed by atoms with Gasteiger partial charge in [0.1, 0.15) is 0 Å². The summed E-state index contributed by atoms with van der Waals surface area (Å²) in [6, 6.07) is 0. The molecule has 0 aliphatic carbocycles. The van der Waals surface area contributed by atoms with E-state index >= 15 is 0 Å². The van der Waals surface area contributed by atoms with Gasteiger partial charge in [-0.1, -0.05) is 0 Å². The van der Waals surface area contributed by atoms with Gasteiger partial charge < -0.3 is 22.1 Å². The van der Waals surface area contributed by atoms with Gasteiger partial charge in [-0.25, -0.2) is 4.98 Å². The van der Waals surface area contributed by atoms with Crippen LogP contribution in [0.25, 0.3) is 0 Å². The van der Waals surface area contributed by atoms with Crippen molar-refractivity contribution in [2.45, 2.75) is 19.3 Å². The van der Waals surface area contributed by atoms with E-state index in [0.29, 0.717) is 11.8 Å². The van der Waals surface area contributed by atoms with Gasteiger partial charge in [-0.2, -0.15) is 4.99 Å². The van der Waals surface area contributed by atoms with E-state index in [1.54, 1.807) is 0 Å². The summed E-state index contributed by atoms with van der Waals surface area (Å²) in [5, 5.41) is 18.4. The first kappa shape index (κ1) is 16.9. The lowest BCUT2D eigenvalue weighted by Gasteiger charge is -2.03. The van der Waals surface area contributed by atoms with E-state index in [1.807, 2.05) is 5.38 Å². The number of thiazole rings is 1. The first-order chi connectivity index (χ1) is 10.1. The van der Waals surface area contributed by atoms with Gasteiger partial charge in [0.05, 0.1) is 23.5 Å². The monoisotopic (exact) mass is 313 g/mol. The van der Waals surface area contributed by atoms with E-state index in [1.165, 1.54) is 17.5 Å². The number of unbranched alkanes of at least 4 members (excludes halogenated alkanes) is 1. The van der Waals surface area contributed by atoms with Crippen molar-refractivity contribution < 1.29 is 4.92 Å². The van der Waals surface area contributed by atoms with Gasteiger partial charge in [-0.05, 0) is 25.8 Å². The lowest BCUT2D eigenvalue weighted by Crippen LogP contribution is -2.26. The van der Waals surface area contributed by atoms with E-state index in [9.17, 15) is 10.1 Å². The number of aromatic nitrogens is 1. The lowest BCUT2D eigenvalue weighted by molar-refractivity contribution is -0.402. The van der Waals surface area contributed by atoms with Crippen LogP contribution in [0.3, 0.4) is 0 Å². The van der Waals surface area contributed by atoms with Gasteiger partial charge in [0.25, 0.3) is 0 Å². The number of nitrogens with one attached hydrogen (secondary N) is 2. The van der Waals surface area contributed by atoms with Crippen molar-refractivity contribution in [1.82, 2.24) is 15.6 Å². The highest BCUT2D eigenvalue weighted by Crippen LogP contribution is 2.19. The number of nitro groups is 1. The zero-order valence-electron chi connectivity index (χ0n) is 11.5. The normalized spacial score (nSPS) is 10.7. The number of hydrogen-bond donors (Lipinski definition) is 4. The van der Waals surface area contributed by atoms with Crippen molar-refractivity contribution in [3.63, 3.8) is 0 Å². The van der Waals surface area contributed by atoms with Crippen LogP contribution < -0.4 is 22.1 Å². The Hall–Kier alpha value is -2.20. The molecule has 0 spiro atoms. The molecule has 0 aliphatic heterocycles. The number of aryl methyl sites for hydroxylation is 1. The molecule has 0 atom stereocenters. The fraction of sp³-hybridized carbons (Fsp3) is 0.455. The molecule has 116 valence electrons. The third-order valence-corrected chi connectivity index (χ3v) is 3.13. The Kier molecular flexibility index (Phi) is 7.76. The van der Waals surface area contributed by atoms with Crippen LogP contribution in [0.2, 0.25) is 0 Å². The molecule has 0 aromatic carbocycles. The maximum Gasteiger partial charge on any atom is 0.249 e. The molecule has 0 unspecified atom stereocenters. The Morgan fingerprint density at radius 3 is 3.05 bits per heavy atom. The number of aliphatic imine (C=N–C) groups is 1. The zero-order chi connectivity index (χ0) is 15.5. The number of guanidine groups is 1. The highest BCUT2D eigenvalue weighted by atomic mass is 32.1. The van der Waals surface area contributed by atoms with Crippen LogP contribution in [0.4, 0.5) is 5.13 Å². The van der Waals surface area contributed by atoms with Gasteiger partial charge in [0.2, 0.25) is 11.3 Å². The second-order valence-electron chi connectivity index (χ2n) is 4.10. The minimum atomic E-state index is -0.516. The predicted octanol–water partition coefficient (Wildman–Crippen LogP) is 0.255. The number of hydrogen-bond acceptors (Lipinski definition) is 7. The summed E-state index contributed by atoms with van der Waals surface area (Å²) in [4.78, 5) is 17.7. The molecule has 0 fully saturated rings. The van der Waals surface area contributed by atoms with Gasteiger partial charge in [0, 0.05) is 5.38 Å². The van der Waals surface area contributed by atoms with Gasteiger partial charge >= 0.3 is 0 Å². The minimum absolute atomic E-state index is 0.0127. The maximum absolute atomic E-state index is 10.0. The molecule has 0 saturated heterocycles. The van der Waals surface area contributed by atoms with Crippen LogP contribution in [-0.4, -0.2) is 29.1 Å². The average Bonchev–Trinajstić information content (AvgIpc) is 2.83. The van der Waals surface area contributed by atoms with Crippen LogP contribution in [-0.2, 0) is 6.42 Å². The predicted molar refractivity (Wildman–Crippen MR) is 82.7 cm³/mol. The third-order valence-electron chi connectivity index (χ3n) is 2.34. The number of nitrogens with two attached hydrogens (primary N) is 2. The van der Waals surface area contributed by atoms with E-state index < -0.39 is 4.92 Å². The molecular weight excluding hydrogens is 294 g/mol. The van der Waals surface area contributed by atoms with Gasteiger partial charge in [-0.15, -0.1) is 11.3 Å². The number of nitrogens with zero attached hydrogens (tertiary/aromatic N) is 3. The summed E-state index contributed by atoms with van der Waals surface area (Å²) in [6.07, 6.45) is 5.00. The summed E-state index contributed by atoms with van der Waals surface area (Å²) < 4.78 is 0. The van der Waals surface area contributed by atoms with E-state index in [4.69, 9.17) is 11.5 Å².